The van der Waals surface area contributed by atoms with E-state index in [2.05, 4.69) is 10.6 Å². The Balaban J connectivity index is 2.80. The number of hydrogen-bond donors (Lipinski definition) is 2. The second-order valence-corrected chi connectivity index (χ2v) is 3.47. The highest BCUT2D eigenvalue weighted by atomic mass is 19.1. The molecule has 96 valence electrons. The summed E-state index contributed by atoms with van der Waals surface area (Å²) in [4.78, 5) is 11.3. The molecule has 1 aromatic rings. The topological polar surface area (TPSA) is 74.2 Å². The van der Waals surface area contributed by atoms with Crippen LogP contribution in [0.25, 0.3) is 0 Å². The lowest BCUT2D eigenvalue weighted by atomic mass is 10.2. The Morgan fingerprint density at radius 3 is 3.00 bits per heavy atom. The Kier molecular flexibility index (Phi) is 5.61. The van der Waals surface area contributed by atoms with Crippen LogP contribution in [0.4, 0.5) is 15.8 Å². The summed E-state index contributed by atoms with van der Waals surface area (Å²) in [6, 6.07) is 6.06. The Hall–Kier alpha value is -2.13. The second kappa shape index (κ2) is 7.25. The number of rotatable bonds is 6. The van der Waals surface area contributed by atoms with Crippen molar-refractivity contribution < 1.29 is 13.9 Å². The molecule has 0 aliphatic heterocycles. The van der Waals surface area contributed by atoms with Crippen LogP contribution in [-0.2, 0) is 9.53 Å². The molecule has 0 aliphatic rings. The van der Waals surface area contributed by atoms with Gasteiger partial charge >= 0.3 is 0 Å². The van der Waals surface area contributed by atoms with Gasteiger partial charge in [-0.05, 0) is 12.1 Å². The number of nitriles is 1. The fourth-order valence-corrected chi connectivity index (χ4v) is 1.35. The molecule has 6 heteroatoms. The van der Waals surface area contributed by atoms with E-state index in [1.165, 1.54) is 12.1 Å². The molecule has 0 aromatic heterocycles. The van der Waals surface area contributed by atoms with Crippen LogP contribution in [0.15, 0.2) is 18.2 Å². The first-order valence-electron chi connectivity index (χ1n) is 5.37. The van der Waals surface area contributed by atoms with E-state index >= 15 is 0 Å². The van der Waals surface area contributed by atoms with Crippen LogP contribution in [0.2, 0.25) is 0 Å². The molecule has 0 spiro atoms. The van der Waals surface area contributed by atoms with Crippen molar-refractivity contribution >= 4 is 17.3 Å². The maximum Gasteiger partial charge on any atom is 0.238 e. The number of hydrogen-bond acceptors (Lipinski definition) is 4. The highest BCUT2D eigenvalue weighted by molar-refractivity contribution is 5.95. The van der Waals surface area contributed by atoms with Crippen LogP contribution >= 0.6 is 0 Å². The van der Waals surface area contributed by atoms with E-state index in [4.69, 9.17) is 10.00 Å². The smallest absolute Gasteiger partial charge is 0.238 e. The standard InChI is InChI=1S/C12H14FN3O2/c1-18-8-7-15-12-9(13)3-2-4-10(12)16-11(17)5-6-14/h2-4,15H,5,7-8H2,1H3,(H,16,17). The number of methoxy groups -OCH3 is 1. The zero-order valence-electron chi connectivity index (χ0n) is 10.00. The Labute approximate surface area is 105 Å². The summed E-state index contributed by atoms with van der Waals surface area (Å²) in [5.74, 6) is -0.946. The van der Waals surface area contributed by atoms with E-state index in [-0.39, 0.29) is 12.1 Å². The number of para-hydroxylation sites is 1. The summed E-state index contributed by atoms with van der Waals surface area (Å²) in [5, 5.41) is 13.7. The van der Waals surface area contributed by atoms with Gasteiger partial charge in [0.1, 0.15) is 12.2 Å². The highest BCUT2D eigenvalue weighted by Gasteiger charge is 2.10. The number of benzene rings is 1. The molecule has 0 radical (unpaired) electrons. The van der Waals surface area contributed by atoms with Gasteiger partial charge in [0.15, 0.2) is 0 Å². The van der Waals surface area contributed by atoms with E-state index in [1.54, 1.807) is 19.2 Å². The number of nitrogens with zero attached hydrogens (tertiary/aromatic N) is 1. The fraction of sp³-hybridized carbons (Fsp3) is 0.333. The van der Waals surface area contributed by atoms with Crippen LogP contribution in [0, 0.1) is 17.1 Å². The summed E-state index contributed by atoms with van der Waals surface area (Å²) < 4.78 is 18.4. The first kappa shape index (κ1) is 13.9. The van der Waals surface area contributed by atoms with Gasteiger partial charge in [-0.3, -0.25) is 4.79 Å². The molecular weight excluding hydrogens is 237 g/mol. The Bertz CT molecular complexity index is 457. The van der Waals surface area contributed by atoms with Crippen LogP contribution < -0.4 is 10.6 Å². The molecule has 2 N–H and O–H groups in total. The molecular formula is C12H14FN3O2. The zero-order chi connectivity index (χ0) is 13.4. The molecule has 0 aliphatic carbocycles. The van der Waals surface area contributed by atoms with Gasteiger partial charge in [-0.15, -0.1) is 0 Å². The van der Waals surface area contributed by atoms with Gasteiger partial charge in [-0.1, -0.05) is 6.07 Å². The predicted molar refractivity (Wildman–Crippen MR) is 65.6 cm³/mol. The third-order valence-corrected chi connectivity index (χ3v) is 2.14. The molecule has 0 unspecified atom stereocenters. The van der Waals surface area contributed by atoms with Crippen LogP contribution in [0.5, 0.6) is 0 Å². The molecule has 1 amide bonds. The van der Waals surface area contributed by atoms with E-state index < -0.39 is 11.7 Å². The van der Waals surface area contributed by atoms with Gasteiger partial charge in [0, 0.05) is 13.7 Å². The summed E-state index contributed by atoms with van der Waals surface area (Å²) in [5.41, 5.74) is 0.507. The highest BCUT2D eigenvalue weighted by Crippen LogP contribution is 2.24. The third-order valence-electron chi connectivity index (χ3n) is 2.14. The number of halogens is 1. The number of amides is 1. The molecule has 1 aromatic carbocycles. The maximum absolute atomic E-state index is 13.6. The first-order chi connectivity index (χ1) is 8.69. The largest absolute Gasteiger partial charge is 0.383 e. The first-order valence-corrected chi connectivity index (χ1v) is 5.37. The van der Waals surface area contributed by atoms with Gasteiger partial charge in [0.25, 0.3) is 0 Å². The molecule has 1 rings (SSSR count). The van der Waals surface area contributed by atoms with Gasteiger partial charge in [-0.25, -0.2) is 4.39 Å². The average molecular weight is 251 g/mol. The number of ether oxygens (including phenoxy) is 1. The van der Waals surface area contributed by atoms with Gasteiger partial charge in [0.05, 0.1) is 24.1 Å². The molecule has 18 heavy (non-hydrogen) atoms. The van der Waals surface area contributed by atoms with Crippen LogP contribution in [-0.4, -0.2) is 26.2 Å². The molecule has 0 bridgehead atoms. The fourth-order valence-electron chi connectivity index (χ4n) is 1.35. The van der Waals surface area contributed by atoms with Crippen molar-refractivity contribution in [2.75, 3.05) is 30.9 Å². The minimum absolute atomic E-state index is 0.195. The van der Waals surface area contributed by atoms with Crippen molar-refractivity contribution in [1.82, 2.24) is 0 Å². The lowest BCUT2D eigenvalue weighted by Gasteiger charge is -2.13. The molecule has 5 nitrogen and oxygen atoms in total. The molecule has 0 heterocycles. The van der Waals surface area contributed by atoms with Crippen LogP contribution in [0.3, 0.4) is 0 Å². The van der Waals surface area contributed by atoms with E-state index in [0.717, 1.165) is 0 Å². The molecule has 0 atom stereocenters. The zero-order valence-corrected chi connectivity index (χ0v) is 10.00. The van der Waals surface area contributed by atoms with Gasteiger partial charge in [0.2, 0.25) is 5.91 Å². The molecule has 0 saturated carbocycles. The minimum Gasteiger partial charge on any atom is -0.383 e. The third kappa shape index (κ3) is 4.03. The Morgan fingerprint density at radius 2 is 2.33 bits per heavy atom. The van der Waals surface area contributed by atoms with Crippen molar-refractivity contribution in [3.05, 3.63) is 24.0 Å². The van der Waals surface area contributed by atoms with Gasteiger partial charge < -0.3 is 15.4 Å². The molecule has 0 fully saturated rings. The average Bonchev–Trinajstić information content (AvgIpc) is 2.33. The summed E-state index contributed by atoms with van der Waals surface area (Å²) in [6.07, 6.45) is -0.270. The summed E-state index contributed by atoms with van der Waals surface area (Å²) in [6.45, 7) is 0.832. The SMILES string of the molecule is COCCNc1c(F)cccc1NC(=O)CC#N. The normalized spacial score (nSPS) is 9.61. The number of carbonyl (C=O) groups is 1. The maximum atomic E-state index is 13.6. The summed E-state index contributed by atoms with van der Waals surface area (Å²) in [7, 11) is 1.54. The van der Waals surface area contributed by atoms with Crippen molar-refractivity contribution in [2.24, 2.45) is 0 Å². The number of carbonyl (C=O) groups excluding carboxylic acids is 1. The van der Waals surface area contributed by atoms with Crippen molar-refractivity contribution in [1.29, 1.82) is 5.26 Å². The van der Waals surface area contributed by atoms with E-state index in [1.807, 2.05) is 0 Å². The lowest BCUT2D eigenvalue weighted by Crippen LogP contribution is -2.15. The van der Waals surface area contributed by atoms with E-state index in [0.29, 0.717) is 18.8 Å². The number of nitrogens with one attached hydrogen (secondary N) is 2. The van der Waals surface area contributed by atoms with Crippen LogP contribution in [0.1, 0.15) is 6.42 Å². The Morgan fingerprint density at radius 1 is 1.56 bits per heavy atom. The minimum atomic E-state index is -0.474. The lowest BCUT2D eigenvalue weighted by molar-refractivity contribution is -0.115. The summed E-state index contributed by atoms with van der Waals surface area (Å²) >= 11 is 0. The van der Waals surface area contributed by atoms with Crippen molar-refractivity contribution in [3.8, 4) is 6.07 Å². The second-order valence-electron chi connectivity index (χ2n) is 3.47. The molecule has 0 saturated heterocycles. The van der Waals surface area contributed by atoms with E-state index in [9.17, 15) is 9.18 Å². The quantitative estimate of drug-likeness (QED) is 0.755. The van der Waals surface area contributed by atoms with Crippen molar-refractivity contribution in [3.63, 3.8) is 0 Å². The monoisotopic (exact) mass is 251 g/mol. The van der Waals surface area contributed by atoms with Crippen molar-refractivity contribution in [2.45, 2.75) is 6.42 Å². The van der Waals surface area contributed by atoms with Gasteiger partial charge in [-0.2, -0.15) is 5.26 Å². The number of anilines is 2. The predicted octanol–water partition coefficient (Wildman–Crippen LogP) is 1.74.